The monoisotopic (exact) mass is 1190 g/mol. The lowest BCUT2D eigenvalue weighted by Crippen LogP contribution is -2.29. The Labute approximate surface area is 503 Å². The minimum atomic E-state index is -1.11. The van der Waals surface area contributed by atoms with E-state index in [9.17, 15) is 19.8 Å². The highest BCUT2D eigenvalue weighted by atomic mass is 35.5. The second-order valence-electron chi connectivity index (χ2n) is 20.6. The van der Waals surface area contributed by atoms with Crippen LogP contribution in [0.1, 0.15) is 53.7 Å². The van der Waals surface area contributed by atoms with Gasteiger partial charge in [0.15, 0.2) is 0 Å². The van der Waals surface area contributed by atoms with Crippen molar-refractivity contribution in [1.82, 2.24) is 49.7 Å². The molecule has 4 aromatic carbocycles. The summed E-state index contributed by atoms with van der Waals surface area (Å²) >= 11 is 4.71. The molecule has 4 heterocycles. The summed E-state index contributed by atoms with van der Waals surface area (Å²) in [5.41, 5.74) is 12.8. The summed E-state index contributed by atoms with van der Waals surface area (Å²) in [4.78, 5) is 62.5. The number of allylic oxidation sites excluding steroid dienone is 1. The molecule has 0 spiro atoms. The van der Waals surface area contributed by atoms with Gasteiger partial charge in [-0.05, 0) is 128 Å². The molecule has 0 atom stereocenters. The van der Waals surface area contributed by atoms with E-state index in [2.05, 4.69) is 94.3 Å². The van der Waals surface area contributed by atoms with E-state index in [0.717, 1.165) is 65.4 Å². The number of hydrogen-bond donors (Lipinski definition) is 10. The molecular weight excluding hydrogens is 1100 g/mol. The third kappa shape index (κ3) is 19.0. The highest BCUT2D eigenvalue weighted by Crippen LogP contribution is 2.40. The van der Waals surface area contributed by atoms with Crippen molar-refractivity contribution in [2.24, 2.45) is 0 Å². The summed E-state index contributed by atoms with van der Waals surface area (Å²) in [6.45, 7) is 16.8. The number of aromatic amines is 2. The van der Waals surface area contributed by atoms with Crippen molar-refractivity contribution in [3.8, 4) is 11.5 Å². The van der Waals surface area contributed by atoms with E-state index in [4.69, 9.17) is 26.8 Å². The first-order chi connectivity index (χ1) is 39.3. The first-order valence-corrected chi connectivity index (χ1v) is 26.5. The number of likely N-dealkylation sites (N-methyl/N-ethyl adjacent to an activating group) is 4. The predicted octanol–water partition coefficient (Wildman–Crippen LogP) is 10.1. The molecule has 8 aromatic rings. The van der Waals surface area contributed by atoms with Crippen LogP contribution in [-0.4, -0.2) is 154 Å². The maximum absolute atomic E-state index is 12.3. The molecular formula is C60H83ClN18O6. The normalized spacial score (nSPS) is 11.0. The summed E-state index contributed by atoms with van der Waals surface area (Å²) in [7, 11) is 15.2. The van der Waals surface area contributed by atoms with Crippen molar-refractivity contribution in [3.05, 3.63) is 122 Å². The number of anilines is 12. The Bertz CT molecular complexity index is 3540. The summed E-state index contributed by atoms with van der Waals surface area (Å²) in [6, 6.07) is 18.9. The van der Waals surface area contributed by atoms with Gasteiger partial charge in [-0.2, -0.15) is 9.97 Å². The van der Waals surface area contributed by atoms with E-state index in [1.807, 2.05) is 114 Å². The van der Waals surface area contributed by atoms with Crippen LogP contribution in [-0.2, 0) is 20.8 Å². The van der Waals surface area contributed by atoms with Gasteiger partial charge in [0.25, 0.3) is 0 Å². The number of hydrogen-bond acceptors (Lipinski definition) is 21. The molecule has 0 saturated carbocycles. The Morgan fingerprint density at radius 2 is 0.988 bits per heavy atom. The van der Waals surface area contributed by atoms with Crippen LogP contribution in [0.15, 0.2) is 111 Å². The highest BCUT2D eigenvalue weighted by Gasteiger charge is 2.25. The molecule has 0 bridgehead atoms. The molecule has 8 rings (SSSR count). The number of fused-ring (bicyclic) bond motifs is 2. The van der Waals surface area contributed by atoms with Gasteiger partial charge in [-0.15, -0.1) is 0 Å². The second kappa shape index (κ2) is 30.5. The van der Waals surface area contributed by atoms with Crippen LogP contribution in [0.5, 0.6) is 11.5 Å². The number of halogens is 1. The zero-order chi connectivity index (χ0) is 60.8. The maximum atomic E-state index is 12.3. The quantitative estimate of drug-likeness (QED) is 0.0162. The number of nitrogen functional groups attached to an aromatic ring is 1. The molecule has 25 heteroatoms. The summed E-state index contributed by atoms with van der Waals surface area (Å²) in [5.74, 6) is 1.98. The van der Waals surface area contributed by atoms with Gasteiger partial charge in [-0.1, -0.05) is 28.0 Å². The molecule has 0 aliphatic heterocycles. The number of benzene rings is 4. The molecule has 85 heavy (non-hydrogen) atoms. The van der Waals surface area contributed by atoms with E-state index in [1.165, 1.54) is 18.7 Å². The van der Waals surface area contributed by atoms with Crippen molar-refractivity contribution in [2.75, 3.05) is 125 Å². The largest absolute Gasteiger partial charge is 0.494 e. The van der Waals surface area contributed by atoms with Gasteiger partial charge in [0.2, 0.25) is 34.9 Å². The third-order valence-electron chi connectivity index (χ3n) is 12.7. The molecule has 0 saturated heterocycles. The predicted molar refractivity (Wildman–Crippen MR) is 347 cm³/mol. The number of carbonyl (C=O) groups excluding carboxylic acids is 2. The van der Waals surface area contributed by atoms with Crippen molar-refractivity contribution >= 4 is 114 Å². The summed E-state index contributed by atoms with van der Waals surface area (Å²) < 4.78 is 11.3. The minimum absolute atomic E-state index is 0. The van der Waals surface area contributed by atoms with Crippen LogP contribution in [0.2, 0.25) is 0 Å². The molecule has 4 aromatic heterocycles. The minimum Gasteiger partial charge on any atom is -0.494 e. The van der Waals surface area contributed by atoms with Crippen LogP contribution in [0.4, 0.5) is 69.3 Å². The van der Waals surface area contributed by atoms with Crippen molar-refractivity contribution in [1.29, 1.82) is 0 Å². The molecule has 0 aliphatic carbocycles. The first kappa shape index (κ1) is 68.4. The fourth-order valence-corrected chi connectivity index (χ4v) is 8.29. The number of ether oxygens (including phenoxy) is 2. The number of H-pyrrole nitrogens is 2. The number of nitrogens with two attached hydrogens (primary N) is 1. The van der Waals surface area contributed by atoms with Crippen LogP contribution in [0.25, 0.3) is 21.8 Å². The smallest absolute Gasteiger partial charge is 0.247 e. The van der Waals surface area contributed by atoms with Gasteiger partial charge in [0, 0.05) is 109 Å². The average molecular weight is 1190 g/mol. The summed E-state index contributed by atoms with van der Waals surface area (Å²) in [6.07, 6.45) is 8.76. The number of aliphatic hydroxyl groups is 2. The summed E-state index contributed by atoms with van der Waals surface area (Å²) in [5, 5.41) is 38.7. The number of nitrogens with zero attached hydrogens (tertiary/aromatic N) is 10. The third-order valence-corrected chi connectivity index (χ3v) is 12.8. The van der Waals surface area contributed by atoms with E-state index in [1.54, 1.807) is 48.0 Å². The maximum Gasteiger partial charge on any atom is 0.247 e. The zero-order valence-corrected chi connectivity index (χ0v) is 49.7. The highest BCUT2D eigenvalue weighted by molar-refractivity contribution is 6.66. The second-order valence-corrected chi connectivity index (χ2v) is 21.0. The van der Waals surface area contributed by atoms with Gasteiger partial charge in [0.1, 0.15) is 24.2 Å². The lowest BCUT2D eigenvalue weighted by Gasteiger charge is -2.26. The molecule has 0 unspecified atom stereocenters. The fourth-order valence-electron chi connectivity index (χ4n) is 8.29. The Morgan fingerprint density at radius 1 is 0.600 bits per heavy atom. The van der Waals surface area contributed by atoms with Gasteiger partial charge in [-0.25, -0.2) is 19.9 Å². The number of rotatable bonds is 23. The van der Waals surface area contributed by atoms with Gasteiger partial charge < -0.3 is 81.6 Å². The van der Waals surface area contributed by atoms with Crippen molar-refractivity contribution < 1.29 is 29.3 Å². The van der Waals surface area contributed by atoms with E-state index in [-0.39, 0.29) is 32.7 Å². The molecule has 456 valence electrons. The SMILES string of the molecule is C.C.C=CC(=O)Cl.C=CC(=O)Nc1cc(Nc2ncnc(Nc3cc4cc[nH]c4cc3C(C)(C)O)n2)c(OC)cc1N(C)CCN(C)C.COc1cc(N(C)CCN(C)C)c(N)cc1Nc1ncnc(Nc2cc3cc[nH]c3cc2C(C)(C)O)n1. The topological polar surface area (TPSA) is 301 Å². The number of amides is 1. The van der Waals surface area contributed by atoms with Gasteiger partial charge in [0.05, 0.1) is 59.5 Å². The Kier molecular flexibility index (Phi) is 24.5. The molecule has 11 N–H and O–H groups in total. The average Bonchev–Trinajstić information content (AvgIpc) is 3.27. The van der Waals surface area contributed by atoms with E-state index >= 15 is 0 Å². The Morgan fingerprint density at radius 3 is 1.36 bits per heavy atom. The molecule has 0 radical (unpaired) electrons. The molecule has 24 nitrogen and oxygen atoms in total. The lowest BCUT2D eigenvalue weighted by molar-refractivity contribution is -0.112. The molecule has 0 aliphatic rings. The Balaban J connectivity index is 0.000000331. The number of methoxy groups -OCH3 is 2. The first-order valence-electron chi connectivity index (χ1n) is 26.1. The Hall–Kier alpha value is -9.07. The molecule has 0 fully saturated rings. The molecule has 1 amide bonds. The van der Waals surface area contributed by atoms with Crippen LogP contribution in [0, 0.1) is 0 Å². The standard InChI is InChI=1S/C29H37N9O3.C26H35N9O2.C3H3ClO.2CH4/c1-8-26(39)33-22-15-23(25(41-7)16-24(22)38(6)12-11-37(4)5)35-28-32-17-31-27(36-28)34-21-13-18-9-10-30-20(18)14-19(21)29(2,3)40;1-26(2,36)17-12-19-16(7-8-28-19)11-20(17)31-24-29-15-30-25(33-24)32-21-13-18(27)22(14-23(21)37-6)35(5)10-9-34(3)4;1-2-3(4)5;;/h8-10,13-17,30,40H,1,11-12H2,2-7H3,(H,33,39)(H2,31,32,34,35,36);7-8,11-15,28,36H,9-10,27H2,1-6H3,(H2,29,30,31,32,33);2H,1H2;2*1H4. The van der Waals surface area contributed by atoms with Gasteiger partial charge >= 0.3 is 0 Å². The van der Waals surface area contributed by atoms with Gasteiger partial charge in [-0.3, -0.25) is 9.59 Å². The van der Waals surface area contributed by atoms with Crippen LogP contribution < -0.4 is 51.6 Å². The van der Waals surface area contributed by atoms with E-state index < -0.39 is 16.4 Å². The van der Waals surface area contributed by atoms with Crippen LogP contribution >= 0.6 is 11.6 Å². The van der Waals surface area contributed by atoms with Crippen molar-refractivity contribution in [3.63, 3.8) is 0 Å². The lowest BCUT2D eigenvalue weighted by atomic mass is 9.95. The van der Waals surface area contributed by atoms with E-state index in [0.29, 0.717) is 68.6 Å². The number of aromatic nitrogens is 8. The van der Waals surface area contributed by atoms with Crippen LogP contribution in [0.3, 0.4) is 0 Å². The van der Waals surface area contributed by atoms with Crippen molar-refractivity contribution in [2.45, 2.75) is 53.8 Å². The number of carbonyl (C=O) groups is 2. The number of nitrogens with one attached hydrogen (secondary N) is 7. The zero-order valence-electron chi connectivity index (χ0n) is 48.9. The fraction of sp³-hybridized carbons (Fsp3) is 0.333.